The van der Waals surface area contributed by atoms with E-state index in [-0.39, 0.29) is 21.7 Å². The van der Waals surface area contributed by atoms with Gasteiger partial charge in [0.05, 0.1) is 0 Å². The molecule has 0 N–H and O–H groups in total. The van der Waals surface area contributed by atoms with E-state index in [0.717, 1.165) is 0 Å². The Bertz CT molecular complexity index is 174. The van der Waals surface area contributed by atoms with Gasteiger partial charge in [0.2, 0.25) is 0 Å². The molecule has 1 aromatic carbocycles. The molecule has 0 aliphatic carbocycles. The zero-order valence-electron chi connectivity index (χ0n) is 4.79. The van der Waals surface area contributed by atoms with Crippen molar-refractivity contribution in [1.29, 1.82) is 0 Å². The maximum Gasteiger partial charge on any atom is 0.0205 e. The van der Waals surface area contributed by atoms with E-state index in [4.69, 9.17) is 0 Å². The van der Waals surface area contributed by atoms with Crippen LogP contribution in [-0.2, 0) is 21.7 Å². The maximum absolute atomic E-state index is 11.9. The second-order valence-electron chi connectivity index (χ2n) is 1.49. The maximum atomic E-state index is 11.9. The van der Waals surface area contributed by atoms with Gasteiger partial charge in [-0.15, -0.1) is 18.2 Å². The summed E-state index contributed by atoms with van der Waals surface area (Å²) in [5.41, 5.74) is 0. The fourth-order valence-corrected chi connectivity index (χ4v) is 0.470. The van der Waals surface area contributed by atoms with Gasteiger partial charge < -0.3 is 0 Å². The minimum absolute atomic E-state index is 0. The van der Waals surface area contributed by atoms with E-state index >= 15 is 0 Å². The quantitative estimate of drug-likeness (QED) is 0.421. The molecule has 10 heavy (non-hydrogen) atoms. The molecular weight excluding hydrogens is 177 g/mol. The minimum Gasteiger partial charge on any atom is -0.236 e. The van der Waals surface area contributed by atoms with Crippen LogP contribution in [0.3, 0.4) is 0 Å². The third kappa shape index (κ3) is 2.54. The zero-order chi connectivity index (χ0) is 6.85. The van der Waals surface area contributed by atoms with Gasteiger partial charge in [-0.05, 0) is 0 Å². The predicted molar refractivity (Wildman–Crippen MR) is 25.2 cm³/mol. The first kappa shape index (κ1) is 9.72. The van der Waals surface area contributed by atoms with E-state index in [0.29, 0.717) is 12.1 Å². The van der Waals surface area contributed by atoms with Gasteiger partial charge in [0.1, 0.15) is 0 Å². The van der Waals surface area contributed by atoms with E-state index < -0.39 is 17.5 Å². The largest absolute Gasteiger partial charge is 0.236 e. The second-order valence-corrected chi connectivity index (χ2v) is 1.49. The van der Waals surface area contributed by atoms with Gasteiger partial charge in [0.25, 0.3) is 0 Å². The summed E-state index contributed by atoms with van der Waals surface area (Å²) in [5, 5.41) is 0. The van der Waals surface area contributed by atoms with E-state index in [1.165, 1.54) is 0 Å². The number of hydrogen-bond donors (Lipinski definition) is 0. The molecule has 0 saturated carbocycles. The Morgan fingerprint density at radius 1 is 1.00 bits per heavy atom. The van der Waals surface area contributed by atoms with Crippen LogP contribution in [0.2, 0.25) is 0 Å². The summed E-state index contributed by atoms with van der Waals surface area (Å²) in [6, 6.07) is 2.75. The van der Waals surface area contributed by atoms with Crippen molar-refractivity contribution in [3.8, 4) is 0 Å². The molecule has 4 heteroatoms. The van der Waals surface area contributed by atoms with Gasteiger partial charge in [-0.3, -0.25) is 0 Å². The van der Waals surface area contributed by atoms with Gasteiger partial charge in [-0.1, -0.05) is 0 Å². The van der Waals surface area contributed by atoms with Crippen LogP contribution in [0.25, 0.3) is 0 Å². The van der Waals surface area contributed by atoms with Crippen LogP contribution in [0.15, 0.2) is 12.1 Å². The van der Waals surface area contributed by atoms with Crippen molar-refractivity contribution in [1.82, 2.24) is 0 Å². The molecule has 0 saturated heterocycles. The molecule has 0 radical (unpaired) electrons. The Balaban J connectivity index is 0.000000810. The van der Waals surface area contributed by atoms with Crippen LogP contribution in [-0.4, -0.2) is 0 Å². The Hall–Kier alpha value is -0.276. The van der Waals surface area contributed by atoms with E-state index in [1.54, 1.807) is 6.07 Å². The van der Waals surface area contributed by atoms with Gasteiger partial charge in [-0.2, -0.15) is 0 Å². The molecule has 0 amide bonds. The van der Waals surface area contributed by atoms with Crippen LogP contribution in [0.5, 0.6) is 0 Å². The first-order valence-electron chi connectivity index (χ1n) is 2.22. The Labute approximate surface area is 70.9 Å². The van der Waals surface area contributed by atoms with Gasteiger partial charge >= 0.3 is 0 Å². The van der Waals surface area contributed by atoms with E-state index in [1.807, 2.05) is 0 Å². The molecule has 1 aromatic rings. The molecule has 0 aliphatic heterocycles. The van der Waals surface area contributed by atoms with Crippen molar-refractivity contribution in [2.45, 2.75) is 0 Å². The summed E-state index contributed by atoms with van der Waals surface area (Å²) in [4.78, 5) is 0. The first-order valence-corrected chi connectivity index (χ1v) is 2.22. The van der Waals surface area contributed by atoms with Crippen molar-refractivity contribution in [3.63, 3.8) is 0 Å². The van der Waals surface area contributed by atoms with E-state index in [9.17, 15) is 13.2 Å². The molecule has 1 rings (SSSR count). The molecule has 0 aromatic heterocycles. The average Bonchev–Trinajstić information content (AvgIpc) is 1.59. The van der Waals surface area contributed by atoms with Gasteiger partial charge in [-0.25, -0.2) is 13.2 Å². The van der Waals surface area contributed by atoms with Crippen LogP contribution in [0.1, 0.15) is 0 Å². The van der Waals surface area contributed by atoms with Crippen molar-refractivity contribution in [3.05, 3.63) is 35.7 Å². The van der Waals surface area contributed by atoms with Crippen molar-refractivity contribution in [2.75, 3.05) is 0 Å². The summed E-state index contributed by atoms with van der Waals surface area (Å²) in [7, 11) is 0. The molecule has 0 nitrogen and oxygen atoms in total. The Morgan fingerprint density at radius 3 is 1.70 bits per heavy atom. The zero-order valence-corrected chi connectivity index (χ0v) is 6.35. The SMILES string of the molecule is Fc1[c-]c(F)cc(F)c1.[Ti]. The Morgan fingerprint density at radius 2 is 1.40 bits per heavy atom. The molecule has 52 valence electrons. The molecular formula is C6H2F3Ti-. The van der Waals surface area contributed by atoms with Crippen molar-refractivity contribution >= 4 is 0 Å². The fraction of sp³-hybridized carbons (Fsp3) is 0. The van der Waals surface area contributed by atoms with Crippen LogP contribution in [0, 0.1) is 23.5 Å². The molecule has 0 heterocycles. The third-order valence-corrected chi connectivity index (χ3v) is 0.768. The van der Waals surface area contributed by atoms with Gasteiger partial charge in [0, 0.05) is 39.2 Å². The molecule has 0 bridgehead atoms. The summed E-state index contributed by atoms with van der Waals surface area (Å²) in [5.74, 6) is -2.97. The number of hydrogen-bond acceptors (Lipinski definition) is 0. The molecule has 0 aliphatic rings. The monoisotopic (exact) mass is 179 g/mol. The van der Waals surface area contributed by atoms with Crippen LogP contribution in [0.4, 0.5) is 13.2 Å². The minimum atomic E-state index is -1.02. The molecule has 0 spiro atoms. The van der Waals surface area contributed by atoms with E-state index in [2.05, 4.69) is 0 Å². The number of rotatable bonds is 0. The van der Waals surface area contributed by atoms with Crippen LogP contribution < -0.4 is 0 Å². The molecule has 0 atom stereocenters. The first-order chi connectivity index (χ1) is 4.18. The van der Waals surface area contributed by atoms with Crippen molar-refractivity contribution < 1.29 is 34.9 Å². The molecule has 0 fully saturated rings. The van der Waals surface area contributed by atoms with Crippen LogP contribution >= 0.6 is 0 Å². The fourth-order valence-electron chi connectivity index (χ4n) is 0.470. The summed E-state index contributed by atoms with van der Waals surface area (Å²) in [6.07, 6.45) is 0. The smallest absolute Gasteiger partial charge is 0.0205 e. The number of halogens is 3. The average molecular weight is 179 g/mol. The number of benzene rings is 1. The second kappa shape index (κ2) is 3.79. The van der Waals surface area contributed by atoms with Crippen molar-refractivity contribution in [2.24, 2.45) is 0 Å². The topological polar surface area (TPSA) is 0 Å². The van der Waals surface area contributed by atoms with Gasteiger partial charge in [0.15, 0.2) is 0 Å². The predicted octanol–water partition coefficient (Wildman–Crippen LogP) is 1.90. The summed E-state index contributed by atoms with van der Waals surface area (Å²) < 4.78 is 35.7. The standard InChI is InChI=1S/C6H2F3.Ti/c7-4-1-5(8)3-6(9)2-4;/h1-2H;/q-1;. The normalized spacial score (nSPS) is 8.70. The summed E-state index contributed by atoms with van der Waals surface area (Å²) in [6.45, 7) is 0. The molecule has 0 unspecified atom stereocenters. The summed E-state index contributed by atoms with van der Waals surface area (Å²) >= 11 is 0. The third-order valence-electron chi connectivity index (χ3n) is 0.768. The Kier molecular flexibility index (Phi) is 3.68.